The van der Waals surface area contributed by atoms with E-state index >= 15 is 0 Å². The SMILES string of the molecule is C=CC1CCC(Cc2cc3c(CCC(C)(C)C)cccc3cn2)CC1.CCC. The molecule has 1 aromatic heterocycles. The van der Waals surface area contributed by atoms with Gasteiger partial charge in [-0.2, -0.15) is 0 Å². The highest BCUT2D eigenvalue weighted by atomic mass is 14.7. The van der Waals surface area contributed by atoms with Gasteiger partial charge in [0.15, 0.2) is 0 Å². The predicted molar refractivity (Wildman–Crippen MR) is 125 cm³/mol. The highest BCUT2D eigenvalue weighted by Gasteiger charge is 2.20. The third-order valence-corrected chi connectivity index (χ3v) is 5.78. The van der Waals surface area contributed by atoms with Gasteiger partial charge >= 0.3 is 0 Å². The van der Waals surface area contributed by atoms with Gasteiger partial charge in [-0.3, -0.25) is 4.98 Å². The molecule has 0 aliphatic heterocycles. The molecule has 3 rings (SSSR count). The number of pyridine rings is 1. The molecule has 1 heteroatoms. The maximum absolute atomic E-state index is 4.77. The highest BCUT2D eigenvalue weighted by Crippen LogP contribution is 2.32. The van der Waals surface area contributed by atoms with Gasteiger partial charge in [-0.05, 0) is 79.2 Å². The third kappa shape index (κ3) is 7.08. The first-order valence-electron chi connectivity index (χ1n) is 11.3. The van der Waals surface area contributed by atoms with Crippen LogP contribution in [0.25, 0.3) is 10.8 Å². The molecule has 0 saturated heterocycles. The van der Waals surface area contributed by atoms with Crippen molar-refractivity contribution in [3.05, 3.63) is 54.4 Å². The standard InChI is InChI=1S/C24H33N.C3H8/c1-5-18-9-11-19(12-10-18)15-22-16-23-20(13-14-24(2,3)4)7-6-8-21(23)17-25-22;1-3-2/h5-8,16-19H,1,9-15H2,2-4H3;3H2,1-2H3. The molecule has 1 nitrogen and oxygen atoms in total. The fraction of sp³-hybridized carbons (Fsp3) is 0.593. The Labute approximate surface area is 173 Å². The lowest BCUT2D eigenvalue weighted by Gasteiger charge is -2.26. The zero-order valence-corrected chi connectivity index (χ0v) is 18.9. The normalized spacial score (nSPS) is 19.8. The van der Waals surface area contributed by atoms with Gasteiger partial charge < -0.3 is 0 Å². The maximum Gasteiger partial charge on any atom is 0.0412 e. The lowest BCUT2D eigenvalue weighted by atomic mass is 9.80. The van der Waals surface area contributed by atoms with Crippen molar-refractivity contribution in [2.75, 3.05) is 0 Å². The number of rotatable bonds is 5. The molecule has 0 radical (unpaired) electrons. The smallest absolute Gasteiger partial charge is 0.0412 e. The number of hydrogen-bond donors (Lipinski definition) is 0. The van der Waals surface area contributed by atoms with E-state index in [4.69, 9.17) is 4.98 Å². The van der Waals surface area contributed by atoms with Crippen LogP contribution in [-0.4, -0.2) is 4.98 Å². The second kappa shape index (κ2) is 10.8. The number of allylic oxidation sites excluding steroid dienone is 1. The van der Waals surface area contributed by atoms with E-state index in [0.717, 1.165) is 24.7 Å². The molecule has 1 aliphatic carbocycles. The van der Waals surface area contributed by atoms with E-state index < -0.39 is 0 Å². The molecular formula is C27H41N. The van der Waals surface area contributed by atoms with Crippen LogP contribution in [0.3, 0.4) is 0 Å². The van der Waals surface area contributed by atoms with Gasteiger partial charge in [0.1, 0.15) is 0 Å². The second-order valence-electron chi connectivity index (χ2n) is 9.80. The van der Waals surface area contributed by atoms with E-state index in [1.807, 2.05) is 0 Å². The largest absolute Gasteiger partial charge is 0.261 e. The van der Waals surface area contributed by atoms with E-state index in [1.165, 1.54) is 60.6 Å². The second-order valence-corrected chi connectivity index (χ2v) is 9.80. The Morgan fingerprint density at radius 2 is 1.79 bits per heavy atom. The van der Waals surface area contributed by atoms with Gasteiger partial charge in [0, 0.05) is 17.3 Å². The predicted octanol–water partition coefficient (Wildman–Crippen LogP) is 8.16. The molecule has 0 atom stereocenters. The van der Waals surface area contributed by atoms with Gasteiger partial charge in [-0.1, -0.05) is 65.3 Å². The van der Waals surface area contributed by atoms with Gasteiger partial charge in [0.25, 0.3) is 0 Å². The number of aryl methyl sites for hydroxylation is 1. The molecule has 1 saturated carbocycles. The first-order valence-corrected chi connectivity index (χ1v) is 11.3. The van der Waals surface area contributed by atoms with Gasteiger partial charge in [-0.15, -0.1) is 6.58 Å². The van der Waals surface area contributed by atoms with E-state index in [9.17, 15) is 0 Å². The summed E-state index contributed by atoms with van der Waals surface area (Å²) in [6, 6.07) is 9.04. The molecular weight excluding hydrogens is 338 g/mol. The summed E-state index contributed by atoms with van der Waals surface area (Å²) < 4.78 is 0. The van der Waals surface area contributed by atoms with Crippen LogP contribution in [0.1, 0.15) is 84.4 Å². The molecule has 28 heavy (non-hydrogen) atoms. The Morgan fingerprint density at radius 3 is 2.39 bits per heavy atom. The summed E-state index contributed by atoms with van der Waals surface area (Å²) in [5.74, 6) is 1.53. The summed E-state index contributed by atoms with van der Waals surface area (Å²) in [4.78, 5) is 4.77. The summed E-state index contributed by atoms with van der Waals surface area (Å²) in [7, 11) is 0. The van der Waals surface area contributed by atoms with E-state index in [1.54, 1.807) is 0 Å². The summed E-state index contributed by atoms with van der Waals surface area (Å²) in [5.41, 5.74) is 3.13. The van der Waals surface area contributed by atoms with Crippen LogP contribution in [0.4, 0.5) is 0 Å². The molecule has 0 bridgehead atoms. The number of benzene rings is 1. The van der Waals surface area contributed by atoms with Crippen molar-refractivity contribution in [1.29, 1.82) is 0 Å². The molecule has 0 unspecified atom stereocenters. The minimum absolute atomic E-state index is 0.377. The molecule has 1 aliphatic rings. The zero-order valence-electron chi connectivity index (χ0n) is 18.9. The Morgan fingerprint density at radius 1 is 1.11 bits per heavy atom. The Bertz CT molecular complexity index is 730. The monoisotopic (exact) mass is 379 g/mol. The average Bonchev–Trinajstić information content (AvgIpc) is 2.67. The molecule has 0 spiro atoms. The van der Waals surface area contributed by atoms with Gasteiger partial charge in [0.05, 0.1) is 0 Å². The summed E-state index contributed by atoms with van der Waals surface area (Å²) in [6.07, 6.45) is 14.2. The summed E-state index contributed by atoms with van der Waals surface area (Å²) in [6.45, 7) is 15.2. The van der Waals surface area contributed by atoms with Crippen molar-refractivity contribution in [3.8, 4) is 0 Å². The first-order chi connectivity index (χ1) is 13.4. The van der Waals surface area contributed by atoms with Crippen molar-refractivity contribution in [3.63, 3.8) is 0 Å². The Balaban J connectivity index is 0.000000878. The number of nitrogens with zero attached hydrogens (tertiary/aromatic N) is 1. The first kappa shape index (κ1) is 22.7. The molecule has 1 aromatic carbocycles. The topological polar surface area (TPSA) is 12.9 Å². The third-order valence-electron chi connectivity index (χ3n) is 5.78. The van der Waals surface area contributed by atoms with Crippen LogP contribution in [0.5, 0.6) is 0 Å². The van der Waals surface area contributed by atoms with Gasteiger partial charge in [0.2, 0.25) is 0 Å². The van der Waals surface area contributed by atoms with Crippen LogP contribution in [0.15, 0.2) is 43.1 Å². The van der Waals surface area contributed by atoms with Gasteiger partial charge in [-0.25, -0.2) is 0 Å². The summed E-state index contributed by atoms with van der Waals surface area (Å²) in [5, 5.41) is 2.70. The van der Waals surface area contributed by atoms with Crippen LogP contribution in [0.2, 0.25) is 0 Å². The number of hydrogen-bond acceptors (Lipinski definition) is 1. The van der Waals surface area contributed by atoms with Crippen LogP contribution < -0.4 is 0 Å². The van der Waals surface area contributed by atoms with Crippen molar-refractivity contribution in [1.82, 2.24) is 4.98 Å². The molecule has 0 N–H and O–H groups in total. The van der Waals surface area contributed by atoms with E-state index in [0.29, 0.717) is 5.41 Å². The van der Waals surface area contributed by atoms with Crippen molar-refractivity contribution in [2.45, 2.75) is 86.0 Å². The molecule has 154 valence electrons. The molecule has 0 amide bonds. The van der Waals surface area contributed by atoms with E-state index in [2.05, 4.69) is 77.7 Å². The van der Waals surface area contributed by atoms with Crippen molar-refractivity contribution >= 4 is 10.8 Å². The molecule has 1 fully saturated rings. The quantitative estimate of drug-likeness (QED) is 0.477. The minimum atomic E-state index is 0.377. The van der Waals surface area contributed by atoms with Crippen LogP contribution in [-0.2, 0) is 12.8 Å². The van der Waals surface area contributed by atoms with E-state index in [-0.39, 0.29) is 0 Å². The van der Waals surface area contributed by atoms with Crippen molar-refractivity contribution in [2.24, 2.45) is 17.3 Å². The lowest BCUT2D eigenvalue weighted by molar-refractivity contribution is 0.307. The fourth-order valence-corrected chi connectivity index (χ4v) is 4.04. The Kier molecular flexibility index (Phi) is 8.73. The highest BCUT2D eigenvalue weighted by molar-refractivity contribution is 5.85. The zero-order chi connectivity index (χ0) is 20.6. The minimum Gasteiger partial charge on any atom is -0.261 e. The van der Waals surface area contributed by atoms with Crippen LogP contribution in [0, 0.1) is 17.3 Å². The summed E-state index contributed by atoms with van der Waals surface area (Å²) >= 11 is 0. The molecule has 1 heterocycles. The fourth-order valence-electron chi connectivity index (χ4n) is 4.04. The number of aromatic nitrogens is 1. The maximum atomic E-state index is 4.77. The number of fused-ring (bicyclic) bond motifs is 1. The lowest BCUT2D eigenvalue weighted by Crippen LogP contribution is -2.15. The molecule has 2 aromatic rings. The van der Waals surface area contributed by atoms with Crippen LogP contribution >= 0.6 is 0 Å². The average molecular weight is 380 g/mol. The van der Waals surface area contributed by atoms with Crippen molar-refractivity contribution < 1.29 is 0 Å². The Hall–Kier alpha value is -1.63.